The van der Waals surface area contributed by atoms with E-state index >= 15 is 0 Å². The van der Waals surface area contributed by atoms with Gasteiger partial charge < -0.3 is 4.90 Å². The Morgan fingerprint density at radius 3 is 2.57 bits per heavy atom. The fourth-order valence-corrected chi connectivity index (χ4v) is 1.56. The van der Waals surface area contributed by atoms with E-state index in [9.17, 15) is 4.79 Å². The molecular weight excluding hydrogens is 174 g/mol. The number of Topliss-reactive ketones (excluding diaryl/α,β-unsaturated/α-hetero) is 1. The third-order valence-electron chi connectivity index (χ3n) is 2.51. The average molecular weight is 187 g/mol. The molecule has 0 bridgehead atoms. The maximum Gasteiger partial charge on any atom is 0.177 e. The molecule has 2 nitrogen and oxygen atoms in total. The molecule has 1 heterocycles. The van der Waals surface area contributed by atoms with E-state index in [4.69, 9.17) is 0 Å². The number of anilines is 1. The van der Waals surface area contributed by atoms with E-state index in [1.165, 1.54) is 0 Å². The van der Waals surface area contributed by atoms with Crippen LogP contribution in [0.25, 0.3) is 0 Å². The van der Waals surface area contributed by atoms with Gasteiger partial charge in [-0.05, 0) is 24.6 Å². The van der Waals surface area contributed by atoms with Crippen molar-refractivity contribution in [1.82, 2.24) is 0 Å². The Morgan fingerprint density at radius 2 is 1.93 bits per heavy atom. The standard InChI is InChI=1S/C12H13NO/c1-10-7-8-13(9-12(10)14)11-5-3-2-4-6-11/h2-7H,8-9H2,1H3. The number of benzene rings is 1. The maximum atomic E-state index is 11.5. The lowest BCUT2D eigenvalue weighted by Crippen LogP contribution is -2.34. The molecule has 0 radical (unpaired) electrons. The summed E-state index contributed by atoms with van der Waals surface area (Å²) in [4.78, 5) is 13.5. The molecule has 0 saturated heterocycles. The van der Waals surface area contributed by atoms with Gasteiger partial charge in [0.05, 0.1) is 6.54 Å². The van der Waals surface area contributed by atoms with Crippen LogP contribution in [0.2, 0.25) is 0 Å². The number of para-hydroxylation sites is 1. The van der Waals surface area contributed by atoms with Crippen molar-refractivity contribution in [3.63, 3.8) is 0 Å². The van der Waals surface area contributed by atoms with Gasteiger partial charge in [0.1, 0.15) is 0 Å². The van der Waals surface area contributed by atoms with Crippen molar-refractivity contribution >= 4 is 11.5 Å². The molecule has 1 aliphatic heterocycles. The summed E-state index contributed by atoms with van der Waals surface area (Å²) in [5, 5.41) is 0. The zero-order chi connectivity index (χ0) is 9.97. The first-order chi connectivity index (χ1) is 6.77. The van der Waals surface area contributed by atoms with Crippen LogP contribution in [-0.2, 0) is 4.79 Å². The molecule has 0 aliphatic carbocycles. The molecule has 0 spiro atoms. The highest BCUT2D eigenvalue weighted by Gasteiger charge is 2.16. The summed E-state index contributed by atoms with van der Waals surface area (Å²) in [7, 11) is 0. The summed E-state index contributed by atoms with van der Waals surface area (Å²) in [5.74, 6) is 0.222. The highest BCUT2D eigenvalue weighted by molar-refractivity contribution is 5.99. The molecule has 0 unspecified atom stereocenters. The van der Waals surface area contributed by atoms with Crippen LogP contribution in [0.3, 0.4) is 0 Å². The molecule has 72 valence electrons. The van der Waals surface area contributed by atoms with Crippen LogP contribution < -0.4 is 4.90 Å². The van der Waals surface area contributed by atoms with Crippen LogP contribution >= 0.6 is 0 Å². The van der Waals surface area contributed by atoms with Crippen LogP contribution in [0, 0.1) is 0 Å². The van der Waals surface area contributed by atoms with Crippen LogP contribution in [0.4, 0.5) is 5.69 Å². The Morgan fingerprint density at radius 1 is 1.21 bits per heavy atom. The molecule has 0 atom stereocenters. The molecule has 1 aromatic rings. The Hall–Kier alpha value is -1.57. The minimum absolute atomic E-state index is 0.222. The van der Waals surface area contributed by atoms with Crippen LogP contribution in [-0.4, -0.2) is 18.9 Å². The van der Waals surface area contributed by atoms with Crippen molar-refractivity contribution in [2.75, 3.05) is 18.0 Å². The number of hydrogen-bond donors (Lipinski definition) is 0. The minimum atomic E-state index is 0.222. The fraction of sp³-hybridized carbons (Fsp3) is 0.250. The van der Waals surface area contributed by atoms with Gasteiger partial charge >= 0.3 is 0 Å². The summed E-state index contributed by atoms with van der Waals surface area (Å²) < 4.78 is 0. The third-order valence-corrected chi connectivity index (χ3v) is 2.51. The third kappa shape index (κ3) is 1.69. The van der Waals surface area contributed by atoms with E-state index in [0.29, 0.717) is 6.54 Å². The molecule has 1 aromatic carbocycles. The zero-order valence-electron chi connectivity index (χ0n) is 8.23. The normalized spacial score (nSPS) is 16.8. The topological polar surface area (TPSA) is 20.3 Å². The van der Waals surface area contributed by atoms with Crippen molar-refractivity contribution in [1.29, 1.82) is 0 Å². The van der Waals surface area contributed by atoms with Gasteiger partial charge in [0.25, 0.3) is 0 Å². The Labute approximate surface area is 83.8 Å². The summed E-state index contributed by atoms with van der Waals surface area (Å²) >= 11 is 0. The monoisotopic (exact) mass is 187 g/mol. The Balaban J connectivity index is 2.20. The van der Waals surface area contributed by atoms with Gasteiger partial charge in [-0.15, -0.1) is 0 Å². The van der Waals surface area contributed by atoms with Crippen molar-refractivity contribution in [3.8, 4) is 0 Å². The smallest absolute Gasteiger partial charge is 0.177 e. The second-order valence-electron chi connectivity index (χ2n) is 3.53. The quantitative estimate of drug-likeness (QED) is 0.670. The van der Waals surface area contributed by atoms with E-state index in [1.54, 1.807) is 0 Å². The van der Waals surface area contributed by atoms with E-state index in [1.807, 2.05) is 43.3 Å². The Kier molecular flexibility index (Phi) is 2.35. The lowest BCUT2D eigenvalue weighted by molar-refractivity contribution is -0.114. The number of rotatable bonds is 1. The highest BCUT2D eigenvalue weighted by Crippen LogP contribution is 2.16. The fourth-order valence-electron chi connectivity index (χ4n) is 1.56. The second kappa shape index (κ2) is 3.66. The van der Waals surface area contributed by atoms with Crippen molar-refractivity contribution in [2.45, 2.75) is 6.92 Å². The molecule has 0 saturated carbocycles. The van der Waals surface area contributed by atoms with Gasteiger partial charge in [0.2, 0.25) is 0 Å². The summed E-state index contributed by atoms with van der Waals surface area (Å²) in [5.41, 5.74) is 2.00. The van der Waals surface area contributed by atoms with Gasteiger partial charge in [-0.1, -0.05) is 24.3 Å². The number of ketones is 1. The lowest BCUT2D eigenvalue weighted by atomic mass is 10.1. The summed E-state index contributed by atoms with van der Waals surface area (Å²) in [6.07, 6.45) is 1.98. The molecule has 0 amide bonds. The van der Waals surface area contributed by atoms with Crippen molar-refractivity contribution in [2.24, 2.45) is 0 Å². The summed E-state index contributed by atoms with van der Waals surface area (Å²) in [6, 6.07) is 10.0. The molecule has 14 heavy (non-hydrogen) atoms. The molecular formula is C12H13NO. The Bertz CT molecular complexity index is 367. The molecule has 1 aliphatic rings. The lowest BCUT2D eigenvalue weighted by Gasteiger charge is -2.26. The van der Waals surface area contributed by atoms with E-state index in [2.05, 4.69) is 4.90 Å². The van der Waals surface area contributed by atoms with E-state index in [0.717, 1.165) is 17.8 Å². The molecule has 2 rings (SSSR count). The predicted octanol–water partition coefficient (Wildman–Crippen LogP) is 2.02. The average Bonchev–Trinajstić information content (AvgIpc) is 2.23. The predicted molar refractivity (Wildman–Crippen MR) is 57.4 cm³/mol. The van der Waals surface area contributed by atoms with Crippen LogP contribution in [0.15, 0.2) is 42.0 Å². The zero-order valence-corrected chi connectivity index (χ0v) is 8.23. The SMILES string of the molecule is CC1=CCN(c2ccccc2)CC1=O. The number of carbonyl (C=O) groups is 1. The van der Waals surface area contributed by atoms with Crippen LogP contribution in [0.1, 0.15) is 6.92 Å². The first-order valence-corrected chi connectivity index (χ1v) is 4.77. The van der Waals surface area contributed by atoms with E-state index in [-0.39, 0.29) is 5.78 Å². The first kappa shape index (κ1) is 9.00. The van der Waals surface area contributed by atoms with Gasteiger partial charge in [-0.2, -0.15) is 0 Å². The molecule has 0 fully saturated rings. The second-order valence-corrected chi connectivity index (χ2v) is 3.53. The van der Waals surface area contributed by atoms with Gasteiger partial charge in [-0.25, -0.2) is 0 Å². The summed E-state index contributed by atoms with van der Waals surface area (Å²) in [6.45, 7) is 3.22. The highest BCUT2D eigenvalue weighted by atomic mass is 16.1. The van der Waals surface area contributed by atoms with Crippen molar-refractivity contribution in [3.05, 3.63) is 42.0 Å². The van der Waals surface area contributed by atoms with Gasteiger partial charge in [0, 0.05) is 12.2 Å². The number of nitrogens with zero attached hydrogens (tertiary/aromatic N) is 1. The van der Waals surface area contributed by atoms with E-state index < -0.39 is 0 Å². The number of carbonyl (C=O) groups excluding carboxylic acids is 1. The van der Waals surface area contributed by atoms with Gasteiger partial charge in [0.15, 0.2) is 5.78 Å². The molecule has 0 aromatic heterocycles. The minimum Gasteiger partial charge on any atom is -0.360 e. The number of hydrogen-bond acceptors (Lipinski definition) is 2. The molecule has 0 N–H and O–H groups in total. The largest absolute Gasteiger partial charge is 0.360 e. The maximum absolute atomic E-state index is 11.5. The van der Waals surface area contributed by atoms with Crippen molar-refractivity contribution < 1.29 is 4.79 Å². The molecule has 2 heteroatoms. The van der Waals surface area contributed by atoms with Gasteiger partial charge in [-0.3, -0.25) is 4.79 Å². The first-order valence-electron chi connectivity index (χ1n) is 4.77. The van der Waals surface area contributed by atoms with Crippen LogP contribution in [0.5, 0.6) is 0 Å².